The highest BCUT2D eigenvalue weighted by atomic mass is 32.2. The van der Waals surface area contributed by atoms with E-state index in [0.29, 0.717) is 5.56 Å². The zero-order valence-corrected chi connectivity index (χ0v) is 11.6. The summed E-state index contributed by atoms with van der Waals surface area (Å²) in [6.45, 7) is 1.68. The number of benzene rings is 1. The summed E-state index contributed by atoms with van der Waals surface area (Å²) in [7, 11) is -3.85. The van der Waals surface area contributed by atoms with E-state index < -0.39 is 15.8 Å². The normalized spacial score (nSPS) is 11.3. The number of anilines is 1. The summed E-state index contributed by atoms with van der Waals surface area (Å²) in [6, 6.07) is 6.81. The molecule has 0 aliphatic carbocycles. The maximum atomic E-state index is 13.2. The molecule has 1 aromatic carbocycles. The van der Waals surface area contributed by atoms with Crippen LogP contribution in [-0.2, 0) is 16.6 Å². The minimum absolute atomic E-state index is 0.000778. The lowest BCUT2D eigenvalue weighted by molar-refractivity contribution is 0.599. The van der Waals surface area contributed by atoms with Crippen LogP contribution in [0.1, 0.15) is 11.3 Å². The highest BCUT2D eigenvalue weighted by Gasteiger charge is 2.19. The van der Waals surface area contributed by atoms with E-state index in [1.54, 1.807) is 6.92 Å². The Morgan fingerprint density at radius 2 is 2.10 bits per heavy atom. The summed E-state index contributed by atoms with van der Waals surface area (Å²) in [6.07, 6.45) is 1.47. The van der Waals surface area contributed by atoms with Gasteiger partial charge in [0.1, 0.15) is 10.7 Å². The minimum atomic E-state index is -3.85. The number of aromatic nitrogens is 1. The van der Waals surface area contributed by atoms with Crippen molar-refractivity contribution in [1.29, 1.82) is 0 Å². The van der Waals surface area contributed by atoms with Crippen molar-refractivity contribution in [2.45, 2.75) is 18.4 Å². The third-order valence-corrected chi connectivity index (χ3v) is 4.21. The summed E-state index contributed by atoms with van der Waals surface area (Å²) >= 11 is 0. The minimum Gasteiger partial charge on any atom is -0.325 e. The third-order valence-electron chi connectivity index (χ3n) is 2.78. The Labute approximate surface area is 116 Å². The molecular formula is C13H14FN3O2S. The number of aryl methyl sites for hydroxylation is 1. The topological polar surface area (TPSA) is 85.1 Å². The number of hydrogen-bond donors (Lipinski definition) is 2. The number of sulfonamides is 1. The molecule has 0 bridgehead atoms. The second-order valence-corrected chi connectivity index (χ2v) is 5.87. The molecule has 106 valence electrons. The molecule has 2 rings (SSSR count). The fourth-order valence-electron chi connectivity index (χ4n) is 1.73. The van der Waals surface area contributed by atoms with Gasteiger partial charge in [0.05, 0.1) is 11.4 Å². The summed E-state index contributed by atoms with van der Waals surface area (Å²) in [4.78, 5) is 3.92. The maximum Gasteiger partial charge on any atom is 0.263 e. The van der Waals surface area contributed by atoms with E-state index in [4.69, 9.17) is 5.73 Å². The van der Waals surface area contributed by atoms with Crippen LogP contribution in [0.2, 0.25) is 0 Å². The van der Waals surface area contributed by atoms with E-state index in [0.717, 1.165) is 6.07 Å². The first-order chi connectivity index (χ1) is 9.44. The van der Waals surface area contributed by atoms with Gasteiger partial charge in [0, 0.05) is 12.7 Å². The summed E-state index contributed by atoms with van der Waals surface area (Å²) in [5, 5.41) is 0. The van der Waals surface area contributed by atoms with E-state index in [-0.39, 0.29) is 22.8 Å². The van der Waals surface area contributed by atoms with E-state index in [1.807, 2.05) is 0 Å². The van der Waals surface area contributed by atoms with Crippen LogP contribution in [0.15, 0.2) is 41.4 Å². The van der Waals surface area contributed by atoms with E-state index >= 15 is 0 Å². The molecular weight excluding hydrogens is 281 g/mol. The number of nitrogens with zero attached hydrogens (tertiary/aromatic N) is 1. The smallest absolute Gasteiger partial charge is 0.263 e. The molecule has 0 atom stereocenters. The van der Waals surface area contributed by atoms with Gasteiger partial charge in [-0.25, -0.2) is 12.8 Å². The second kappa shape index (κ2) is 5.56. The van der Waals surface area contributed by atoms with E-state index in [9.17, 15) is 12.8 Å². The molecule has 1 heterocycles. The molecule has 0 saturated carbocycles. The van der Waals surface area contributed by atoms with Crippen molar-refractivity contribution in [3.63, 3.8) is 0 Å². The van der Waals surface area contributed by atoms with Gasteiger partial charge in [0.2, 0.25) is 0 Å². The Morgan fingerprint density at radius 3 is 2.80 bits per heavy atom. The van der Waals surface area contributed by atoms with Crippen molar-refractivity contribution < 1.29 is 12.8 Å². The predicted molar refractivity (Wildman–Crippen MR) is 74.1 cm³/mol. The Balaban J connectivity index is 2.43. The molecule has 0 aliphatic rings. The van der Waals surface area contributed by atoms with Crippen molar-refractivity contribution in [2.75, 3.05) is 4.72 Å². The average Bonchev–Trinajstić information content (AvgIpc) is 2.42. The zero-order valence-electron chi connectivity index (χ0n) is 10.8. The Morgan fingerprint density at radius 1 is 1.35 bits per heavy atom. The fourth-order valence-corrected chi connectivity index (χ4v) is 3.05. The molecule has 1 aromatic heterocycles. The average molecular weight is 295 g/mol. The fraction of sp³-hybridized carbons (Fsp3) is 0.154. The van der Waals surface area contributed by atoms with Crippen LogP contribution in [0, 0.1) is 12.7 Å². The van der Waals surface area contributed by atoms with Crippen molar-refractivity contribution in [3.05, 3.63) is 53.6 Å². The van der Waals surface area contributed by atoms with Gasteiger partial charge in [-0.1, -0.05) is 6.07 Å². The molecule has 0 spiro atoms. The van der Waals surface area contributed by atoms with Gasteiger partial charge in [0.15, 0.2) is 0 Å². The van der Waals surface area contributed by atoms with Crippen LogP contribution < -0.4 is 10.5 Å². The second-order valence-electron chi connectivity index (χ2n) is 4.22. The number of nitrogens with one attached hydrogen (secondary N) is 1. The number of hydrogen-bond acceptors (Lipinski definition) is 4. The molecule has 0 aliphatic heterocycles. The molecule has 2 aromatic rings. The standard InChI is InChI=1S/C13H14FN3O2S/c1-9-4-5-10(14)7-11(9)17-20(18,19)13-3-2-6-16-12(13)8-15/h2-7,17H,8,15H2,1H3. The van der Waals surface area contributed by atoms with Gasteiger partial charge in [-0.15, -0.1) is 0 Å². The number of pyridine rings is 1. The third kappa shape index (κ3) is 2.94. The highest BCUT2D eigenvalue weighted by Crippen LogP contribution is 2.21. The van der Waals surface area contributed by atoms with Crippen LogP contribution in [0.3, 0.4) is 0 Å². The van der Waals surface area contributed by atoms with E-state index in [1.165, 1.54) is 30.5 Å². The maximum absolute atomic E-state index is 13.2. The Kier molecular flexibility index (Phi) is 4.01. The molecule has 0 radical (unpaired) electrons. The first kappa shape index (κ1) is 14.4. The molecule has 7 heteroatoms. The SMILES string of the molecule is Cc1ccc(F)cc1NS(=O)(=O)c1cccnc1CN. The zero-order chi connectivity index (χ0) is 14.8. The van der Waals surface area contributed by atoms with Gasteiger partial charge in [-0.05, 0) is 36.8 Å². The highest BCUT2D eigenvalue weighted by molar-refractivity contribution is 7.92. The molecule has 0 saturated heterocycles. The van der Waals surface area contributed by atoms with Crippen molar-refractivity contribution in [1.82, 2.24) is 4.98 Å². The molecule has 0 amide bonds. The van der Waals surface area contributed by atoms with Gasteiger partial charge in [-0.3, -0.25) is 9.71 Å². The van der Waals surface area contributed by atoms with Gasteiger partial charge < -0.3 is 5.73 Å². The van der Waals surface area contributed by atoms with Gasteiger partial charge >= 0.3 is 0 Å². The lowest BCUT2D eigenvalue weighted by Crippen LogP contribution is -2.17. The Bertz CT molecular complexity index is 732. The number of nitrogens with two attached hydrogens (primary N) is 1. The number of rotatable bonds is 4. The largest absolute Gasteiger partial charge is 0.325 e. The van der Waals surface area contributed by atoms with Crippen molar-refractivity contribution in [3.8, 4) is 0 Å². The van der Waals surface area contributed by atoms with E-state index in [2.05, 4.69) is 9.71 Å². The summed E-state index contributed by atoms with van der Waals surface area (Å²) < 4.78 is 40.2. The molecule has 0 fully saturated rings. The Hall–Kier alpha value is -1.99. The van der Waals surface area contributed by atoms with Crippen molar-refractivity contribution >= 4 is 15.7 Å². The summed E-state index contributed by atoms with van der Waals surface area (Å²) in [5.41, 5.74) is 6.55. The van der Waals surface area contributed by atoms with Gasteiger partial charge in [0.25, 0.3) is 10.0 Å². The molecule has 0 unspecified atom stereocenters. The molecule has 5 nitrogen and oxygen atoms in total. The van der Waals surface area contributed by atoms with Crippen LogP contribution in [0.5, 0.6) is 0 Å². The molecule has 20 heavy (non-hydrogen) atoms. The lowest BCUT2D eigenvalue weighted by atomic mass is 10.2. The van der Waals surface area contributed by atoms with Crippen LogP contribution in [0.4, 0.5) is 10.1 Å². The first-order valence-corrected chi connectivity index (χ1v) is 7.35. The lowest BCUT2D eigenvalue weighted by Gasteiger charge is -2.12. The van der Waals surface area contributed by atoms with Crippen molar-refractivity contribution in [2.24, 2.45) is 5.73 Å². The monoisotopic (exact) mass is 295 g/mol. The number of halogens is 1. The predicted octanol–water partition coefficient (Wildman–Crippen LogP) is 1.79. The summed E-state index contributed by atoms with van der Waals surface area (Å²) in [5.74, 6) is -0.515. The van der Waals surface area contributed by atoms with Crippen LogP contribution in [0.25, 0.3) is 0 Å². The van der Waals surface area contributed by atoms with Crippen LogP contribution >= 0.6 is 0 Å². The first-order valence-electron chi connectivity index (χ1n) is 5.87. The molecule has 3 N–H and O–H groups in total. The van der Waals surface area contributed by atoms with Crippen LogP contribution in [-0.4, -0.2) is 13.4 Å². The van der Waals surface area contributed by atoms with Gasteiger partial charge in [-0.2, -0.15) is 0 Å². The quantitative estimate of drug-likeness (QED) is 0.900.